The van der Waals surface area contributed by atoms with Crippen LogP contribution in [0.15, 0.2) is 72.8 Å². The van der Waals surface area contributed by atoms with Gasteiger partial charge in [0.25, 0.3) is 0 Å². The maximum absolute atomic E-state index is 13.3. The third-order valence-electron chi connectivity index (χ3n) is 7.28. The quantitative estimate of drug-likeness (QED) is 0.440. The van der Waals surface area contributed by atoms with Crippen LogP contribution in [0.4, 0.5) is 4.79 Å². The van der Waals surface area contributed by atoms with Crippen LogP contribution < -0.4 is 0 Å². The maximum atomic E-state index is 13.3. The van der Waals surface area contributed by atoms with E-state index in [-0.39, 0.29) is 24.1 Å². The molecule has 34 heavy (non-hydrogen) atoms. The molecule has 5 heteroatoms. The van der Waals surface area contributed by atoms with Crippen molar-refractivity contribution in [3.05, 3.63) is 100 Å². The topological polar surface area (TPSA) is 38.8 Å². The molecule has 1 aliphatic carbocycles. The van der Waals surface area contributed by atoms with Crippen molar-refractivity contribution in [1.82, 2.24) is 4.90 Å². The Morgan fingerprint density at radius 2 is 1.71 bits per heavy atom. The fourth-order valence-corrected chi connectivity index (χ4v) is 5.96. The largest absolute Gasteiger partial charge is 0.448 e. The van der Waals surface area contributed by atoms with Crippen LogP contribution in [0.25, 0.3) is 16.7 Å². The Morgan fingerprint density at radius 3 is 2.38 bits per heavy atom. The molecule has 1 saturated heterocycles. The molecule has 1 fully saturated rings. The molecule has 172 valence electrons. The van der Waals surface area contributed by atoms with Crippen molar-refractivity contribution in [2.75, 3.05) is 19.8 Å². The number of rotatable bonds is 3. The fourth-order valence-electron chi connectivity index (χ4n) is 5.74. The highest BCUT2D eigenvalue weighted by Crippen LogP contribution is 2.44. The monoisotopic (exact) mass is 471 g/mol. The summed E-state index contributed by atoms with van der Waals surface area (Å²) in [6.45, 7) is 3.41. The number of morpholine rings is 1. The summed E-state index contributed by atoms with van der Waals surface area (Å²) in [5.74, 6) is 0.0556. The van der Waals surface area contributed by atoms with Crippen LogP contribution in [0.2, 0.25) is 5.02 Å². The van der Waals surface area contributed by atoms with Crippen LogP contribution in [0.3, 0.4) is 0 Å². The molecule has 4 nitrogen and oxygen atoms in total. The second kappa shape index (κ2) is 8.61. The minimum Gasteiger partial charge on any atom is -0.448 e. The van der Waals surface area contributed by atoms with Gasteiger partial charge >= 0.3 is 6.09 Å². The Kier molecular flexibility index (Phi) is 5.43. The molecule has 0 radical (unpaired) electrons. The van der Waals surface area contributed by atoms with E-state index in [2.05, 4.69) is 67.6 Å². The van der Waals surface area contributed by atoms with Gasteiger partial charge in [0, 0.05) is 10.9 Å². The van der Waals surface area contributed by atoms with E-state index in [1.54, 1.807) is 0 Å². The molecule has 3 aromatic carbocycles. The predicted octanol–water partition coefficient (Wildman–Crippen LogP) is 6.45. The normalized spacial score (nSPS) is 21.0. The third kappa shape index (κ3) is 3.62. The zero-order valence-electron chi connectivity index (χ0n) is 19.0. The van der Waals surface area contributed by atoms with E-state index in [9.17, 15) is 4.79 Å². The van der Waals surface area contributed by atoms with Crippen LogP contribution in [-0.2, 0) is 9.47 Å². The zero-order valence-corrected chi connectivity index (χ0v) is 19.8. The highest BCUT2D eigenvalue weighted by molar-refractivity contribution is 6.30. The second-order valence-electron chi connectivity index (χ2n) is 9.33. The predicted molar refractivity (Wildman–Crippen MR) is 134 cm³/mol. The lowest BCUT2D eigenvalue weighted by Gasteiger charge is -2.44. The highest BCUT2D eigenvalue weighted by Gasteiger charge is 2.40. The van der Waals surface area contributed by atoms with Gasteiger partial charge < -0.3 is 9.47 Å². The zero-order chi connectivity index (χ0) is 23.2. The average Bonchev–Trinajstić information content (AvgIpc) is 3.15. The van der Waals surface area contributed by atoms with Crippen molar-refractivity contribution in [3.63, 3.8) is 0 Å². The lowest BCUT2D eigenvalue weighted by atomic mass is 9.88. The summed E-state index contributed by atoms with van der Waals surface area (Å²) >= 11 is 6.16. The SMILES string of the molecule is Cc1cc(Cl)ccc1C1=CC2COCC(C1)N2C(=O)OCC1c2ccccc2-c2ccccc21. The molecule has 0 N–H and O–H groups in total. The van der Waals surface area contributed by atoms with E-state index in [4.69, 9.17) is 21.1 Å². The average molecular weight is 472 g/mol. The maximum Gasteiger partial charge on any atom is 0.410 e. The molecule has 3 aromatic rings. The standard InChI is InChI=1S/C29H26ClNO3/c1-18-12-20(30)10-11-23(18)19-13-21-15-33-16-22(14-19)31(21)29(32)34-17-28-26-8-4-2-6-24(26)25-7-3-5-9-27(25)28/h2-13,21-22,28H,14-17H2,1H3. The van der Waals surface area contributed by atoms with Crippen molar-refractivity contribution in [2.24, 2.45) is 0 Å². The number of carbonyl (C=O) groups excluding carboxylic acids is 1. The summed E-state index contributed by atoms with van der Waals surface area (Å²) in [6.07, 6.45) is 2.64. The van der Waals surface area contributed by atoms with Crippen LogP contribution in [0, 0.1) is 6.92 Å². The van der Waals surface area contributed by atoms with Gasteiger partial charge in [0.2, 0.25) is 0 Å². The highest BCUT2D eigenvalue weighted by atomic mass is 35.5. The molecule has 2 unspecified atom stereocenters. The molecule has 2 heterocycles. The van der Waals surface area contributed by atoms with E-state index >= 15 is 0 Å². The Labute approximate surface area is 204 Å². The molecular formula is C29H26ClNO3. The van der Waals surface area contributed by atoms with Gasteiger partial charge in [-0.1, -0.05) is 72.3 Å². The molecule has 2 aliphatic heterocycles. The van der Waals surface area contributed by atoms with Gasteiger partial charge in [-0.05, 0) is 64.4 Å². The number of hydrogen-bond acceptors (Lipinski definition) is 3. The fraction of sp³-hybridized carbons (Fsp3) is 0.276. The minimum absolute atomic E-state index is 0.0375. The molecule has 6 rings (SSSR count). The molecule has 3 aliphatic rings. The molecule has 0 spiro atoms. The molecule has 2 atom stereocenters. The number of benzene rings is 3. The first kappa shape index (κ1) is 21.5. The second-order valence-corrected chi connectivity index (χ2v) is 9.76. The molecule has 2 bridgehead atoms. The number of nitrogens with zero attached hydrogens (tertiary/aromatic N) is 1. The van der Waals surface area contributed by atoms with Gasteiger partial charge in [-0.15, -0.1) is 0 Å². The van der Waals surface area contributed by atoms with Gasteiger partial charge in [-0.3, -0.25) is 4.90 Å². The third-order valence-corrected chi connectivity index (χ3v) is 7.52. The Morgan fingerprint density at radius 1 is 1.00 bits per heavy atom. The minimum atomic E-state index is -0.261. The number of aryl methyl sites for hydroxylation is 1. The number of carbonyl (C=O) groups is 1. The van der Waals surface area contributed by atoms with Crippen LogP contribution in [0.1, 0.15) is 34.6 Å². The summed E-state index contributed by atoms with van der Waals surface area (Å²) < 4.78 is 11.8. The first-order valence-corrected chi connectivity index (χ1v) is 12.2. The molecule has 0 saturated carbocycles. The van der Waals surface area contributed by atoms with Crippen molar-refractivity contribution in [2.45, 2.75) is 31.3 Å². The lowest BCUT2D eigenvalue weighted by molar-refractivity contribution is -0.0331. The van der Waals surface area contributed by atoms with Crippen molar-refractivity contribution >= 4 is 23.3 Å². The number of ether oxygens (including phenoxy) is 2. The van der Waals surface area contributed by atoms with Gasteiger partial charge in [0.05, 0.1) is 25.3 Å². The molecular weight excluding hydrogens is 446 g/mol. The first-order chi connectivity index (χ1) is 16.6. The molecule has 1 amide bonds. The van der Waals surface area contributed by atoms with E-state index in [0.29, 0.717) is 19.8 Å². The summed E-state index contributed by atoms with van der Waals surface area (Å²) in [6, 6.07) is 22.6. The van der Waals surface area contributed by atoms with Gasteiger partial charge in [0.15, 0.2) is 0 Å². The summed E-state index contributed by atoms with van der Waals surface area (Å²) in [7, 11) is 0. The Hall–Kier alpha value is -3.08. The van der Waals surface area contributed by atoms with Gasteiger partial charge in [0.1, 0.15) is 6.61 Å². The van der Waals surface area contributed by atoms with Crippen LogP contribution in [0.5, 0.6) is 0 Å². The van der Waals surface area contributed by atoms with E-state index < -0.39 is 0 Å². The smallest absolute Gasteiger partial charge is 0.410 e. The van der Waals surface area contributed by atoms with Crippen LogP contribution >= 0.6 is 11.6 Å². The van der Waals surface area contributed by atoms with Gasteiger partial charge in [-0.2, -0.15) is 0 Å². The number of fused-ring (bicyclic) bond motifs is 5. The summed E-state index contributed by atoms with van der Waals surface area (Å²) in [5, 5.41) is 0.737. The number of hydrogen-bond donors (Lipinski definition) is 0. The van der Waals surface area contributed by atoms with Crippen molar-refractivity contribution < 1.29 is 14.3 Å². The van der Waals surface area contributed by atoms with E-state index in [0.717, 1.165) is 17.0 Å². The van der Waals surface area contributed by atoms with Crippen molar-refractivity contribution in [1.29, 1.82) is 0 Å². The first-order valence-electron chi connectivity index (χ1n) is 11.8. The van der Waals surface area contributed by atoms with Crippen LogP contribution in [-0.4, -0.2) is 42.9 Å². The van der Waals surface area contributed by atoms with Crippen molar-refractivity contribution in [3.8, 4) is 11.1 Å². The lowest BCUT2D eigenvalue weighted by Crippen LogP contribution is -2.56. The summed E-state index contributed by atoms with van der Waals surface area (Å²) in [5.41, 5.74) is 8.48. The summed E-state index contributed by atoms with van der Waals surface area (Å²) in [4.78, 5) is 15.2. The van der Waals surface area contributed by atoms with E-state index in [1.165, 1.54) is 33.4 Å². The Bertz CT molecular complexity index is 1250. The Balaban J connectivity index is 1.23. The number of halogens is 1. The molecule has 0 aromatic heterocycles. The number of amides is 1. The van der Waals surface area contributed by atoms with E-state index in [1.807, 2.05) is 17.0 Å². The van der Waals surface area contributed by atoms with Gasteiger partial charge in [-0.25, -0.2) is 4.79 Å².